The molecular weight excluding hydrogens is 768 g/mol. The predicted octanol–water partition coefficient (Wildman–Crippen LogP) is 1.86. The Labute approximate surface area is 347 Å². The molecule has 0 aromatic carbocycles. The third kappa shape index (κ3) is 6.95. The summed E-state index contributed by atoms with van der Waals surface area (Å²) in [6, 6.07) is 0. The molecule has 0 bridgehead atoms. The summed E-state index contributed by atoms with van der Waals surface area (Å²) in [5.41, 5.74) is -1.65. The van der Waals surface area contributed by atoms with E-state index in [1.54, 1.807) is 0 Å². The lowest BCUT2D eigenvalue weighted by Gasteiger charge is -2.71. The highest BCUT2D eigenvalue weighted by molar-refractivity contribution is 5.80. The quantitative estimate of drug-likeness (QED) is 0.104. The van der Waals surface area contributed by atoms with Crippen molar-refractivity contribution in [2.45, 2.75) is 187 Å². The lowest BCUT2D eigenvalue weighted by molar-refractivity contribution is -0.330. The van der Waals surface area contributed by atoms with Crippen molar-refractivity contribution in [2.24, 2.45) is 50.2 Å². The second kappa shape index (κ2) is 15.5. The second-order valence-corrected chi connectivity index (χ2v) is 21.4. The van der Waals surface area contributed by atoms with Crippen LogP contribution in [0.4, 0.5) is 0 Å². The van der Waals surface area contributed by atoms with Crippen molar-refractivity contribution < 1.29 is 74.1 Å². The number of esters is 2. The van der Waals surface area contributed by atoms with Gasteiger partial charge in [-0.1, -0.05) is 60.1 Å². The van der Waals surface area contributed by atoms with Crippen LogP contribution in [0, 0.1) is 50.2 Å². The van der Waals surface area contributed by atoms with E-state index in [1.165, 1.54) is 6.92 Å². The van der Waals surface area contributed by atoms with Gasteiger partial charge in [-0.25, -0.2) is 0 Å². The molecule has 336 valence electrons. The average molecular weight is 839 g/mol. The molecule has 2 heterocycles. The van der Waals surface area contributed by atoms with Gasteiger partial charge in [-0.2, -0.15) is 0 Å². The number of fused-ring (bicyclic) bond motifs is 7. The molecule has 6 fully saturated rings. The first-order chi connectivity index (χ1) is 27.4. The highest BCUT2D eigenvalue weighted by Crippen LogP contribution is 2.76. The lowest BCUT2D eigenvalue weighted by Crippen LogP contribution is -2.68. The zero-order chi connectivity index (χ0) is 43.4. The van der Waals surface area contributed by atoms with Gasteiger partial charge in [0.25, 0.3) is 0 Å². The van der Waals surface area contributed by atoms with Crippen LogP contribution in [0.5, 0.6) is 0 Å². The predicted molar refractivity (Wildman–Crippen MR) is 208 cm³/mol. The van der Waals surface area contributed by atoms with Crippen LogP contribution < -0.4 is 0 Å². The molecule has 7 aliphatic rings. The van der Waals surface area contributed by atoms with Gasteiger partial charge >= 0.3 is 11.9 Å². The van der Waals surface area contributed by atoms with Gasteiger partial charge in [-0.15, -0.1) is 0 Å². The number of carbonyl (C=O) groups is 2. The van der Waals surface area contributed by atoms with Crippen LogP contribution in [0.25, 0.3) is 0 Å². The largest absolute Gasteiger partial charge is 0.463 e. The molecule has 2 saturated heterocycles. The molecule has 4 saturated carbocycles. The van der Waals surface area contributed by atoms with E-state index >= 15 is 0 Å². The highest BCUT2D eigenvalue weighted by Gasteiger charge is 2.72. The molecule has 15 nitrogen and oxygen atoms in total. The summed E-state index contributed by atoms with van der Waals surface area (Å²) < 4.78 is 29.1. The molecule has 8 N–H and O–H groups in total. The molecule has 19 unspecified atom stereocenters. The minimum absolute atomic E-state index is 0.148. The lowest BCUT2D eigenvalue weighted by atomic mass is 9.33. The summed E-state index contributed by atoms with van der Waals surface area (Å²) in [7, 11) is 0. The Kier molecular flexibility index (Phi) is 11.9. The van der Waals surface area contributed by atoms with Crippen molar-refractivity contribution in [3.05, 3.63) is 11.6 Å². The van der Waals surface area contributed by atoms with Crippen LogP contribution >= 0.6 is 0 Å². The number of aliphatic hydroxyl groups excluding tert-OH is 8. The molecule has 0 aromatic heterocycles. The Morgan fingerprint density at radius 3 is 2.02 bits per heavy atom. The van der Waals surface area contributed by atoms with Gasteiger partial charge in [0.2, 0.25) is 6.29 Å². The number of aliphatic hydroxyl groups is 8. The Morgan fingerprint density at radius 2 is 1.37 bits per heavy atom. The van der Waals surface area contributed by atoms with Gasteiger partial charge < -0.3 is 64.5 Å². The maximum atomic E-state index is 14.6. The fraction of sp³-hybridized carbons (Fsp3) is 0.909. The zero-order valence-corrected chi connectivity index (χ0v) is 36.0. The molecule has 0 amide bonds. The third-order valence-corrected chi connectivity index (χ3v) is 17.5. The topological polar surface area (TPSA) is 242 Å². The van der Waals surface area contributed by atoms with Gasteiger partial charge in [0, 0.05) is 6.92 Å². The van der Waals surface area contributed by atoms with Gasteiger partial charge in [0.15, 0.2) is 6.29 Å². The van der Waals surface area contributed by atoms with Crippen LogP contribution in [0.3, 0.4) is 0 Å². The summed E-state index contributed by atoms with van der Waals surface area (Å²) in [4.78, 5) is 26.1. The summed E-state index contributed by atoms with van der Waals surface area (Å²) >= 11 is 0. The first-order valence-corrected chi connectivity index (χ1v) is 21.8. The second-order valence-electron chi connectivity index (χ2n) is 21.4. The zero-order valence-electron chi connectivity index (χ0n) is 36.0. The van der Waals surface area contributed by atoms with Crippen LogP contribution in [-0.4, -0.2) is 140 Å². The van der Waals surface area contributed by atoms with E-state index in [2.05, 4.69) is 54.5 Å². The van der Waals surface area contributed by atoms with Crippen LogP contribution in [0.15, 0.2) is 11.6 Å². The summed E-state index contributed by atoms with van der Waals surface area (Å²) in [6.07, 6.45) is -8.02. The van der Waals surface area contributed by atoms with Crippen LogP contribution in [-0.2, 0) is 33.3 Å². The fourth-order valence-corrected chi connectivity index (χ4v) is 13.8. The van der Waals surface area contributed by atoms with Gasteiger partial charge in [-0.05, 0) is 103 Å². The van der Waals surface area contributed by atoms with Crippen LogP contribution in [0.2, 0.25) is 0 Å². The molecule has 5 aliphatic carbocycles. The number of rotatable bonds is 7. The Morgan fingerprint density at radius 1 is 0.746 bits per heavy atom. The number of hydrogen-bond donors (Lipinski definition) is 8. The normalized spacial score (nSPS) is 51.5. The van der Waals surface area contributed by atoms with E-state index in [4.69, 9.17) is 23.7 Å². The Hall–Kier alpha value is -1.76. The highest BCUT2D eigenvalue weighted by atomic mass is 16.7. The smallest absolute Gasteiger partial charge is 0.317 e. The monoisotopic (exact) mass is 838 g/mol. The maximum Gasteiger partial charge on any atom is 0.317 e. The first kappa shape index (κ1) is 45.3. The molecule has 2 aliphatic heterocycles. The van der Waals surface area contributed by atoms with Crippen molar-refractivity contribution in [2.75, 3.05) is 13.2 Å². The Balaban J connectivity index is 1.16. The summed E-state index contributed by atoms with van der Waals surface area (Å²) in [5.74, 6) is -1.25. The third-order valence-electron chi connectivity index (χ3n) is 17.5. The minimum Gasteiger partial charge on any atom is -0.463 e. The molecule has 0 radical (unpaired) electrons. The standard InChI is InChI=1S/C44H70O15/c1-21(46)55-20-25-31(49)33(51)34(52)36(57-25)58-29-12-13-41(6)26(40(29,4)5)11-14-42(7)27(41)10-9-22-23-17-39(2,3)15-16-44(23,28(47)18-43(22,42)8)38(54)59-37-35(53)32(50)30(48)24(19-45)56-37/h9,23-37,45,47-53H,10-20H2,1-8H3. The van der Waals surface area contributed by atoms with E-state index in [0.717, 1.165) is 31.3 Å². The number of hydrogen-bond acceptors (Lipinski definition) is 15. The molecular formula is C44H70O15. The number of allylic oxidation sites excluding steroid dienone is 2. The maximum absolute atomic E-state index is 14.6. The van der Waals surface area contributed by atoms with Crippen molar-refractivity contribution in [3.63, 3.8) is 0 Å². The summed E-state index contributed by atoms with van der Waals surface area (Å²) in [5, 5.41) is 86.2. The van der Waals surface area contributed by atoms with Crippen molar-refractivity contribution in [3.8, 4) is 0 Å². The van der Waals surface area contributed by atoms with Crippen molar-refractivity contribution >= 4 is 11.9 Å². The molecule has 15 heteroatoms. The van der Waals surface area contributed by atoms with E-state index in [-0.39, 0.29) is 46.7 Å². The molecule has 59 heavy (non-hydrogen) atoms. The Bertz CT molecular complexity index is 1630. The number of carbonyl (C=O) groups excluding carboxylic acids is 2. The van der Waals surface area contributed by atoms with Crippen LogP contribution in [0.1, 0.15) is 113 Å². The molecule has 7 rings (SSSR count). The number of ether oxygens (including phenoxy) is 5. The minimum atomic E-state index is -1.75. The summed E-state index contributed by atoms with van der Waals surface area (Å²) in [6.45, 7) is 16.0. The first-order valence-electron chi connectivity index (χ1n) is 21.8. The van der Waals surface area contributed by atoms with E-state index in [9.17, 15) is 50.4 Å². The fourth-order valence-electron chi connectivity index (χ4n) is 13.8. The molecule has 0 spiro atoms. The van der Waals surface area contributed by atoms with E-state index in [1.807, 2.05) is 0 Å². The van der Waals surface area contributed by atoms with E-state index in [0.29, 0.717) is 32.1 Å². The van der Waals surface area contributed by atoms with Crippen molar-refractivity contribution in [1.82, 2.24) is 0 Å². The molecule has 0 aromatic rings. The molecule has 19 atom stereocenters. The van der Waals surface area contributed by atoms with Gasteiger partial charge in [-0.3, -0.25) is 9.59 Å². The average Bonchev–Trinajstić information content (AvgIpc) is 3.15. The van der Waals surface area contributed by atoms with Gasteiger partial charge in [0.05, 0.1) is 18.8 Å². The van der Waals surface area contributed by atoms with Crippen molar-refractivity contribution in [1.29, 1.82) is 0 Å². The van der Waals surface area contributed by atoms with E-state index < -0.39 is 102 Å². The SMILES string of the molecule is CC(=O)OCC1OC(OC2CCC3(C)C(CCC4(C)C3CC=C3C5CC(C)(C)CCC5(C(=O)OC5OC(CO)C(O)C(O)C5O)C(O)CC34C)C2(C)C)C(O)C(O)C1O. The van der Waals surface area contributed by atoms with Gasteiger partial charge in [0.1, 0.15) is 60.9 Å².